The van der Waals surface area contributed by atoms with Gasteiger partial charge in [0.2, 0.25) is 0 Å². The Labute approximate surface area is 173 Å². The fourth-order valence-electron chi connectivity index (χ4n) is 3.51. The molecule has 0 aliphatic carbocycles. The first-order valence-corrected chi connectivity index (χ1v) is 10.4. The summed E-state index contributed by atoms with van der Waals surface area (Å²) < 4.78 is 56.4. The molecule has 4 nitrogen and oxygen atoms in total. The molecule has 1 heterocycles. The van der Waals surface area contributed by atoms with Gasteiger partial charge in [0, 0.05) is 24.5 Å². The second-order valence-corrected chi connectivity index (χ2v) is 7.42. The van der Waals surface area contributed by atoms with Gasteiger partial charge in [-0.25, -0.2) is 4.79 Å². The minimum absolute atomic E-state index is 0.167. The Morgan fingerprint density at radius 1 is 1.00 bits per heavy atom. The highest BCUT2D eigenvalue weighted by Crippen LogP contribution is 2.31. The summed E-state index contributed by atoms with van der Waals surface area (Å²) in [5, 5.41) is 9.99. The van der Waals surface area contributed by atoms with E-state index in [4.69, 9.17) is 4.74 Å². The number of carboxylic acid groups (broad SMARTS) is 1. The van der Waals surface area contributed by atoms with Crippen molar-refractivity contribution >= 4 is 16.9 Å². The highest BCUT2D eigenvalue weighted by Gasteiger charge is 2.25. The van der Waals surface area contributed by atoms with Crippen LogP contribution < -0.4 is 4.74 Å². The molecule has 0 bridgehead atoms. The number of halogens is 4. The van der Waals surface area contributed by atoms with E-state index in [9.17, 15) is 27.5 Å². The lowest BCUT2D eigenvalue weighted by Gasteiger charge is -2.11. The fraction of sp³-hybridized carbons (Fsp3) is 0.591. The van der Waals surface area contributed by atoms with E-state index in [1.54, 1.807) is 22.8 Å². The average Bonchev–Trinajstić information content (AvgIpc) is 3.06. The van der Waals surface area contributed by atoms with Crippen LogP contribution in [-0.4, -0.2) is 35.1 Å². The predicted octanol–water partition coefficient (Wildman–Crippen LogP) is 6.76. The summed E-state index contributed by atoms with van der Waals surface area (Å²) in [4.78, 5) is 11.5. The van der Waals surface area contributed by atoms with Crippen LogP contribution in [0.5, 0.6) is 5.75 Å². The number of rotatable bonds is 14. The van der Waals surface area contributed by atoms with Gasteiger partial charge in [0.1, 0.15) is 5.75 Å². The third kappa shape index (κ3) is 7.54. The van der Waals surface area contributed by atoms with Crippen molar-refractivity contribution in [1.82, 2.24) is 4.57 Å². The number of carbonyl (C=O) groups is 1. The molecular weight excluding hydrogens is 402 g/mol. The first-order chi connectivity index (χ1) is 14.3. The zero-order chi connectivity index (χ0) is 22.0. The van der Waals surface area contributed by atoms with E-state index in [0.29, 0.717) is 42.6 Å². The zero-order valence-electron chi connectivity index (χ0n) is 17.0. The number of unbranched alkanes of at least 4 members (excludes halogenated alkanes) is 6. The van der Waals surface area contributed by atoms with Crippen LogP contribution in [0.25, 0.3) is 10.9 Å². The topological polar surface area (TPSA) is 51.5 Å². The molecule has 0 aliphatic rings. The molecule has 0 atom stereocenters. The Balaban J connectivity index is 1.80. The van der Waals surface area contributed by atoms with Crippen molar-refractivity contribution < 1.29 is 32.2 Å². The van der Waals surface area contributed by atoms with E-state index in [1.807, 2.05) is 0 Å². The number of aromatic nitrogens is 1. The normalized spacial score (nSPS) is 11.9. The van der Waals surface area contributed by atoms with Crippen molar-refractivity contribution in [3.8, 4) is 5.75 Å². The Kier molecular flexibility index (Phi) is 9.46. The molecular formula is C22H29F4NO3. The molecule has 0 saturated heterocycles. The summed E-state index contributed by atoms with van der Waals surface area (Å²) in [6.45, 7) is 0.347. The maximum atomic E-state index is 12.6. The number of hydrogen-bond acceptors (Lipinski definition) is 2. The maximum Gasteiger partial charge on any atom is 0.389 e. The smallest absolute Gasteiger partial charge is 0.389 e. The summed E-state index contributed by atoms with van der Waals surface area (Å²) in [5.41, 5.74) is 0.827. The molecule has 0 saturated carbocycles. The van der Waals surface area contributed by atoms with Gasteiger partial charge in [0.15, 0.2) is 0 Å². The van der Waals surface area contributed by atoms with E-state index in [2.05, 4.69) is 0 Å². The first kappa shape index (κ1) is 24.0. The minimum atomic E-state index is -4.06. The molecule has 30 heavy (non-hydrogen) atoms. The number of alkyl halides is 4. The van der Waals surface area contributed by atoms with Gasteiger partial charge >= 0.3 is 12.1 Å². The number of para-hydroxylation sites is 1. The molecule has 2 aromatic rings. The monoisotopic (exact) mass is 431 g/mol. The summed E-state index contributed by atoms with van der Waals surface area (Å²) in [6, 6.07) is 5.24. The molecule has 1 N–H and O–H groups in total. The second kappa shape index (κ2) is 11.8. The number of aryl methyl sites for hydroxylation is 1. The van der Waals surface area contributed by atoms with Crippen LogP contribution in [-0.2, 0) is 6.54 Å². The highest BCUT2D eigenvalue weighted by molar-refractivity contribution is 6.05. The third-order valence-electron chi connectivity index (χ3n) is 4.99. The largest absolute Gasteiger partial charge is 0.491 e. The third-order valence-corrected chi connectivity index (χ3v) is 4.99. The van der Waals surface area contributed by atoms with Crippen LogP contribution in [0.4, 0.5) is 17.6 Å². The van der Waals surface area contributed by atoms with Gasteiger partial charge in [0.05, 0.1) is 24.4 Å². The van der Waals surface area contributed by atoms with Gasteiger partial charge in [-0.15, -0.1) is 0 Å². The molecule has 0 radical (unpaired) electrons. The van der Waals surface area contributed by atoms with Crippen LogP contribution in [0.2, 0.25) is 0 Å². The van der Waals surface area contributed by atoms with E-state index in [0.717, 1.165) is 32.1 Å². The molecule has 1 aromatic carbocycles. The predicted molar refractivity (Wildman–Crippen MR) is 108 cm³/mol. The van der Waals surface area contributed by atoms with Crippen LogP contribution in [0.3, 0.4) is 0 Å². The van der Waals surface area contributed by atoms with Gasteiger partial charge in [-0.2, -0.15) is 13.2 Å². The lowest BCUT2D eigenvalue weighted by atomic mass is 10.1. The van der Waals surface area contributed by atoms with E-state index in [1.165, 1.54) is 6.20 Å². The quantitative estimate of drug-likeness (QED) is 0.266. The Bertz CT molecular complexity index is 802. The van der Waals surface area contributed by atoms with Gasteiger partial charge in [-0.3, -0.25) is 4.39 Å². The van der Waals surface area contributed by atoms with E-state index in [-0.39, 0.29) is 12.0 Å². The zero-order valence-corrected chi connectivity index (χ0v) is 17.0. The molecule has 0 aliphatic heterocycles. The molecule has 0 unspecified atom stereocenters. The molecule has 0 amide bonds. The Morgan fingerprint density at radius 3 is 2.30 bits per heavy atom. The Morgan fingerprint density at radius 2 is 1.67 bits per heavy atom. The number of nitrogens with zero attached hydrogens (tertiary/aromatic N) is 1. The molecule has 0 spiro atoms. The van der Waals surface area contributed by atoms with Gasteiger partial charge < -0.3 is 14.4 Å². The molecule has 8 heteroatoms. The van der Waals surface area contributed by atoms with Crippen molar-refractivity contribution in [1.29, 1.82) is 0 Å². The van der Waals surface area contributed by atoms with Crippen LogP contribution in [0, 0.1) is 0 Å². The van der Waals surface area contributed by atoms with Crippen LogP contribution in [0.1, 0.15) is 68.1 Å². The first-order valence-electron chi connectivity index (χ1n) is 10.4. The molecule has 2 rings (SSSR count). The molecule has 1 aromatic heterocycles. The number of aromatic carboxylic acids is 1. The SMILES string of the molecule is O=C(O)c1cn(CCCF)c2c(OCCCCCCCCCC(F)(F)F)cccc12. The number of carboxylic acids is 1. The number of ether oxygens (including phenoxy) is 1. The minimum Gasteiger partial charge on any atom is -0.491 e. The maximum absolute atomic E-state index is 12.6. The van der Waals surface area contributed by atoms with Crippen molar-refractivity contribution in [2.75, 3.05) is 13.3 Å². The molecule has 0 fully saturated rings. The van der Waals surface area contributed by atoms with Crippen molar-refractivity contribution in [2.45, 2.75) is 70.5 Å². The summed E-state index contributed by atoms with van der Waals surface area (Å²) in [7, 11) is 0. The number of hydrogen-bond donors (Lipinski definition) is 1. The highest BCUT2D eigenvalue weighted by atomic mass is 19.4. The van der Waals surface area contributed by atoms with Crippen LogP contribution in [0.15, 0.2) is 24.4 Å². The van der Waals surface area contributed by atoms with Crippen molar-refractivity contribution in [3.63, 3.8) is 0 Å². The summed E-state index contributed by atoms with van der Waals surface area (Å²) >= 11 is 0. The second-order valence-electron chi connectivity index (χ2n) is 7.42. The summed E-state index contributed by atoms with van der Waals surface area (Å²) in [6.07, 6.45) is 2.20. The van der Waals surface area contributed by atoms with E-state index < -0.39 is 25.2 Å². The molecule has 168 valence electrons. The average molecular weight is 431 g/mol. The van der Waals surface area contributed by atoms with Crippen molar-refractivity contribution in [2.24, 2.45) is 0 Å². The summed E-state index contributed by atoms with van der Waals surface area (Å²) in [5.74, 6) is -0.461. The van der Waals surface area contributed by atoms with E-state index >= 15 is 0 Å². The van der Waals surface area contributed by atoms with Gasteiger partial charge in [0.25, 0.3) is 0 Å². The lowest BCUT2D eigenvalue weighted by Crippen LogP contribution is -2.06. The number of benzene rings is 1. The van der Waals surface area contributed by atoms with Gasteiger partial charge in [-0.1, -0.05) is 44.2 Å². The van der Waals surface area contributed by atoms with Gasteiger partial charge in [-0.05, 0) is 25.3 Å². The lowest BCUT2D eigenvalue weighted by molar-refractivity contribution is -0.135. The fourth-order valence-corrected chi connectivity index (χ4v) is 3.51. The Hall–Kier alpha value is -2.25. The van der Waals surface area contributed by atoms with Crippen LogP contribution >= 0.6 is 0 Å². The van der Waals surface area contributed by atoms with Crippen molar-refractivity contribution in [3.05, 3.63) is 30.0 Å². The number of fused-ring (bicyclic) bond motifs is 1. The standard InChI is InChI=1S/C22H29F4NO3/c23-13-9-14-27-16-18(21(28)29)17-10-8-11-19(20(17)27)30-15-7-5-3-1-2-4-6-12-22(24,25)26/h8,10-11,16H,1-7,9,12-15H2,(H,28,29).